The van der Waals surface area contributed by atoms with E-state index in [-0.39, 0.29) is 28.9 Å². The monoisotopic (exact) mass is 587 g/mol. The van der Waals surface area contributed by atoms with Crippen LogP contribution in [0.1, 0.15) is 22.8 Å². The molecule has 210 valence electrons. The number of nitrogens with one attached hydrogen (secondary N) is 1. The number of hydrogen-bond donors (Lipinski definition) is 2. The van der Waals surface area contributed by atoms with E-state index in [1.165, 1.54) is 6.92 Å². The third kappa shape index (κ3) is 6.05. The minimum absolute atomic E-state index is 0.0142. The molecule has 0 unspecified atom stereocenters. The summed E-state index contributed by atoms with van der Waals surface area (Å²) in [7, 11) is 0. The molecule has 39 heavy (non-hydrogen) atoms. The zero-order valence-corrected chi connectivity index (χ0v) is 19.8. The van der Waals surface area contributed by atoms with Crippen LogP contribution in [0, 0.1) is 15.9 Å². The number of hydrogen-bond acceptors (Lipinski definition) is 9. The second kappa shape index (κ2) is 10.7. The van der Waals surface area contributed by atoms with Gasteiger partial charge in [-0.2, -0.15) is 30.7 Å². The van der Waals surface area contributed by atoms with Gasteiger partial charge in [-0.05, 0) is 41.2 Å². The molecule has 0 aliphatic heterocycles. The minimum Gasteiger partial charge on any atom is -0.391 e. The van der Waals surface area contributed by atoms with E-state index in [2.05, 4.69) is 20.5 Å². The summed E-state index contributed by atoms with van der Waals surface area (Å²) in [6.07, 6.45) is -7.76. The highest BCUT2D eigenvalue weighted by Gasteiger charge is 2.73. The quantitative estimate of drug-likeness (QED) is 0.214. The smallest absolute Gasteiger partial charge is 0.391 e. The van der Waals surface area contributed by atoms with Gasteiger partial charge in [0, 0.05) is 28.8 Å². The molecule has 20 heteroatoms. The summed E-state index contributed by atoms with van der Waals surface area (Å²) in [6, 6.07) is 2.49. The predicted molar refractivity (Wildman–Crippen MR) is 114 cm³/mol. The second-order valence-electron chi connectivity index (χ2n) is 7.69. The first-order chi connectivity index (χ1) is 18.0. The van der Waals surface area contributed by atoms with Crippen molar-refractivity contribution in [3.8, 4) is 0 Å². The van der Waals surface area contributed by atoms with Gasteiger partial charge in [0.2, 0.25) is 5.16 Å². The van der Waals surface area contributed by atoms with Crippen LogP contribution in [0.5, 0.6) is 0 Å². The molecule has 0 saturated carbocycles. The lowest BCUT2D eigenvalue weighted by atomic mass is 10.0. The van der Waals surface area contributed by atoms with Gasteiger partial charge in [0.05, 0.1) is 23.1 Å². The van der Waals surface area contributed by atoms with Crippen LogP contribution in [0.2, 0.25) is 0 Å². The van der Waals surface area contributed by atoms with Gasteiger partial charge >= 0.3 is 18.0 Å². The Bertz CT molecular complexity index is 1400. The summed E-state index contributed by atoms with van der Waals surface area (Å²) >= 11 is 0.693. The largest absolute Gasteiger partial charge is 0.460 e. The summed E-state index contributed by atoms with van der Waals surface area (Å²) in [6.45, 7) is 1.34. The second-order valence-corrected chi connectivity index (χ2v) is 8.70. The number of carbonyl (C=O) groups excluding carboxylic acids is 1. The van der Waals surface area contributed by atoms with Crippen LogP contribution >= 0.6 is 11.8 Å². The van der Waals surface area contributed by atoms with Crippen LogP contribution in [0.3, 0.4) is 0 Å². The Balaban J connectivity index is 1.95. The number of carbonyl (C=O) groups is 1. The fourth-order valence-corrected chi connectivity index (χ4v) is 3.75. The highest BCUT2D eigenvalue weighted by Crippen LogP contribution is 2.51. The maximum absolute atomic E-state index is 14.4. The lowest BCUT2D eigenvalue weighted by Crippen LogP contribution is -2.50. The highest BCUT2D eigenvalue weighted by molar-refractivity contribution is 7.99. The molecule has 2 aromatic heterocycles. The van der Waals surface area contributed by atoms with E-state index >= 15 is 0 Å². The van der Waals surface area contributed by atoms with E-state index in [0.717, 1.165) is 22.9 Å². The molecule has 0 fully saturated rings. The molecule has 0 aliphatic rings. The lowest BCUT2D eigenvalue weighted by molar-refractivity contribution is -0.384. The molecular weight excluding hydrogens is 574 g/mol. The third-order valence-electron chi connectivity index (χ3n) is 4.74. The molecular formula is C19H13F8N7O4S. The first-order valence-corrected chi connectivity index (χ1v) is 11.0. The Morgan fingerprint density at radius 1 is 1.21 bits per heavy atom. The van der Waals surface area contributed by atoms with Crippen LogP contribution < -0.4 is 5.32 Å². The molecule has 1 aromatic carbocycles. The van der Waals surface area contributed by atoms with E-state index in [4.69, 9.17) is 0 Å². The summed E-state index contributed by atoms with van der Waals surface area (Å²) in [5.41, 5.74) is -3.23. The number of alkyl halides is 7. The first kappa shape index (κ1) is 29.6. The minimum atomic E-state index is -6.68. The fraction of sp³-hybridized carbons (Fsp3) is 0.316. The van der Waals surface area contributed by atoms with E-state index in [0.29, 0.717) is 11.8 Å². The summed E-state index contributed by atoms with van der Waals surface area (Å²) in [4.78, 5) is 26.1. The molecule has 2 heterocycles. The molecule has 0 saturated heterocycles. The van der Waals surface area contributed by atoms with Crippen molar-refractivity contribution in [2.75, 3.05) is 5.32 Å². The highest BCUT2D eigenvalue weighted by atomic mass is 32.2. The van der Waals surface area contributed by atoms with Crippen molar-refractivity contribution in [2.45, 2.75) is 47.6 Å². The lowest BCUT2D eigenvalue weighted by Gasteiger charge is -2.28. The van der Waals surface area contributed by atoms with Crippen LogP contribution in [0.15, 0.2) is 40.5 Å². The van der Waals surface area contributed by atoms with Crippen molar-refractivity contribution in [1.82, 2.24) is 25.2 Å². The molecule has 0 bridgehead atoms. The number of halogens is 8. The van der Waals surface area contributed by atoms with Crippen molar-refractivity contribution in [1.29, 1.82) is 0 Å². The third-order valence-corrected chi connectivity index (χ3v) is 5.79. The van der Waals surface area contributed by atoms with Crippen LogP contribution in [0.25, 0.3) is 0 Å². The van der Waals surface area contributed by atoms with Crippen molar-refractivity contribution >= 4 is 29.2 Å². The van der Waals surface area contributed by atoms with Crippen LogP contribution in [-0.4, -0.2) is 59.3 Å². The normalized spacial score (nSPS) is 13.3. The number of anilines is 1. The number of nitro groups is 1. The number of amides is 1. The van der Waals surface area contributed by atoms with Gasteiger partial charge in [-0.1, -0.05) is 0 Å². The Labute approximate surface area is 215 Å². The van der Waals surface area contributed by atoms with E-state index < -0.39 is 63.4 Å². The Morgan fingerprint density at radius 2 is 1.87 bits per heavy atom. The van der Waals surface area contributed by atoms with Gasteiger partial charge in [0.25, 0.3) is 11.6 Å². The van der Waals surface area contributed by atoms with Gasteiger partial charge in [0.1, 0.15) is 0 Å². The number of rotatable bonds is 9. The van der Waals surface area contributed by atoms with Crippen LogP contribution in [0.4, 0.5) is 46.6 Å². The molecule has 0 aliphatic carbocycles. The summed E-state index contributed by atoms with van der Waals surface area (Å²) < 4.78 is 107. The molecule has 2 N–H and O–H groups in total. The van der Waals surface area contributed by atoms with Crippen molar-refractivity contribution in [3.05, 3.63) is 57.5 Å². The number of aliphatic hydroxyl groups excluding tert-OH is 1. The van der Waals surface area contributed by atoms with Crippen molar-refractivity contribution in [2.24, 2.45) is 0 Å². The van der Waals surface area contributed by atoms with Gasteiger partial charge in [-0.3, -0.25) is 14.9 Å². The summed E-state index contributed by atoms with van der Waals surface area (Å²) in [5.74, 6) is -16.9. The number of aliphatic hydroxyl groups is 1. The number of nitrogens with zero attached hydrogens (tertiary/aromatic N) is 6. The topological polar surface area (TPSA) is 149 Å². The van der Waals surface area contributed by atoms with E-state index in [1.54, 1.807) is 5.32 Å². The Kier molecular flexibility index (Phi) is 8.10. The fourth-order valence-electron chi connectivity index (χ4n) is 2.87. The maximum Gasteiger partial charge on any atom is 0.460 e. The average molecular weight is 587 g/mol. The number of benzene rings is 1. The number of pyridine rings is 1. The van der Waals surface area contributed by atoms with Crippen LogP contribution in [-0.2, 0) is 12.5 Å². The maximum atomic E-state index is 14.4. The molecule has 3 aromatic rings. The zero-order valence-electron chi connectivity index (χ0n) is 19.0. The van der Waals surface area contributed by atoms with Gasteiger partial charge in [0.15, 0.2) is 11.6 Å². The molecule has 3 rings (SSSR count). The zero-order chi connectivity index (χ0) is 29.3. The number of nitro benzene ring substituents is 1. The van der Waals surface area contributed by atoms with E-state index in [9.17, 15) is 55.1 Å². The molecule has 1 atom stereocenters. The van der Waals surface area contributed by atoms with Crippen molar-refractivity contribution in [3.63, 3.8) is 0 Å². The Hall–Kier alpha value is -3.94. The number of tetrazole rings is 1. The SMILES string of the molecule is C[C@@H](O)Cn1nnnc1Sc1ccc([N+](=O)[O-])cc1C(=O)Nc1ncc(C(F)(F)C(F)(F)C(F)(F)F)cc1F. The van der Waals surface area contributed by atoms with Gasteiger partial charge in [-0.25, -0.2) is 14.1 Å². The molecule has 0 radical (unpaired) electrons. The predicted octanol–water partition coefficient (Wildman–Crippen LogP) is 4.19. The Morgan fingerprint density at radius 3 is 2.44 bits per heavy atom. The molecule has 1 amide bonds. The first-order valence-electron chi connectivity index (χ1n) is 10.2. The summed E-state index contributed by atoms with van der Waals surface area (Å²) in [5, 5.41) is 33.3. The number of aromatic nitrogens is 5. The van der Waals surface area contributed by atoms with E-state index in [1.807, 2.05) is 0 Å². The van der Waals surface area contributed by atoms with Crippen molar-refractivity contribution < 1.29 is 49.9 Å². The standard InChI is InChI=1S/C19H13F8N7O4S/c1-8(35)7-33-16(30-31-32-33)39-13-3-2-10(34(37)38)5-11(13)15(36)29-14-12(20)4-9(6-28-14)17(21,22)18(23,24)19(25,26)27/h2-6,8,35H,7H2,1H3,(H,28,29,36)/t8-/m1/s1. The van der Waals surface area contributed by atoms with Gasteiger partial charge < -0.3 is 10.4 Å². The molecule has 11 nitrogen and oxygen atoms in total. The van der Waals surface area contributed by atoms with Gasteiger partial charge in [-0.15, -0.1) is 5.10 Å². The molecule has 0 spiro atoms. The average Bonchev–Trinajstić information content (AvgIpc) is 3.25. The number of non-ortho nitro benzene ring substituents is 1.